The number of nitrogens with zero attached hydrogens (tertiary/aromatic N) is 1. The highest BCUT2D eigenvalue weighted by Gasteiger charge is 2.17. The van der Waals surface area contributed by atoms with Crippen LogP contribution in [0.25, 0.3) is 0 Å². The van der Waals surface area contributed by atoms with Crippen LogP contribution in [0.5, 0.6) is 0 Å². The van der Waals surface area contributed by atoms with Gasteiger partial charge in [0, 0.05) is 24.3 Å². The van der Waals surface area contributed by atoms with Crippen molar-refractivity contribution in [1.29, 1.82) is 0 Å². The summed E-state index contributed by atoms with van der Waals surface area (Å²) >= 11 is 0. The molecule has 2 aromatic carbocycles. The molecule has 2 aromatic rings. The average Bonchev–Trinajstić information content (AvgIpc) is 2.68. The van der Waals surface area contributed by atoms with Crippen molar-refractivity contribution in [2.45, 2.75) is 39.7 Å². The van der Waals surface area contributed by atoms with Gasteiger partial charge in [-0.05, 0) is 49.6 Å². The Morgan fingerprint density at radius 1 is 0.963 bits per heavy atom. The summed E-state index contributed by atoms with van der Waals surface area (Å²) in [5.41, 5.74) is 9.17. The van der Waals surface area contributed by atoms with E-state index in [9.17, 15) is 9.59 Å². The molecule has 0 aliphatic heterocycles. The van der Waals surface area contributed by atoms with Crippen LogP contribution in [0.15, 0.2) is 48.5 Å². The van der Waals surface area contributed by atoms with Crippen LogP contribution in [0.3, 0.4) is 0 Å². The van der Waals surface area contributed by atoms with Gasteiger partial charge < -0.3 is 16.0 Å². The molecule has 144 valence electrons. The molecule has 3 N–H and O–H groups in total. The molecule has 1 atom stereocenters. The Kier molecular flexibility index (Phi) is 7.55. The topological polar surface area (TPSA) is 75.4 Å². The minimum Gasteiger partial charge on any atom is -0.339 e. The SMILES string of the molecule is CCCN(CCC)C(=O)c1ccc(NC(=O)C(N)c2ccc(C)cc2)cc1. The maximum absolute atomic E-state index is 12.6. The number of nitrogens with one attached hydrogen (secondary N) is 1. The molecule has 2 amide bonds. The van der Waals surface area contributed by atoms with Crippen molar-refractivity contribution in [2.24, 2.45) is 5.73 Å². The largest absolute Gasteiger partial charge is 0.339 e. The molecule has 0 aliphatic carbocycles. The lowest BCUT2D eigenvalue weighted by Gasteiger charge is -2.21. The van der Waals surface area contributed by atoms with Crippen LogP contribution in [-0.4, -0.2) is 29.8 Å². The normalized spacial score (nSPS) is 11.7. The number of benzene rings is 2. The second-order valence-corrected chi connectivity index (χ2v) is 6.75. The third-order valence-electron chi connectivity index (χ3n) is 4.39. The Morgan fingerprint density at radius 2 is 1.52 bits per heavy atom. The minimum absolute atomic E-state index is 0.0212. The second kappa shape index (κ2) is 9.88. The zero-order chi connectivity index (χ0) is 19.8. The summed E-state index contributed by atoms with van der Waals surface area (Å²) in [6.45, 7) is 7.60. The number of anilines is 1. The molecular weight excluding hydrogens is 338 g/mol. The number of rotatable bonds is 8. The van der Waals surface area contributed by atoms with Gasteiger partial charge >= 0.3 is 0 Å². The predicted octanol–water partition coefficient (Wildman–Crippen LogP) is 3.90. The van der Waals surface area contributed by atoms with Crippen molar-refractivity contribution in [1.82, 2.24) is 4.90 Å². The standard InChI is InChI=1S/C22H29N3O2/c1-4-14-25(15-5-2)22(27)18-10-12-19(13-11-18)24-21(26)20(23)17-8-6-16(3)7-9-17/h6-13,20H,4-5,14-15,23H2,1-3H3,(H,24,26). The van der Waals surface area contributed by atoms with Crippen LogP contribution in [0.4, 0.5) is 5.69 Å². The molecule has 27 heavy (non-hydrogen) atoms. The fourth-order valence-corrected chi connectivity index (χ4v) is 2.88. The smallest absolute Gasteiger partial charge is 0.253 e. The van der Waals surface area contributed by atoms with Gasteiger partial charge in [0.2, 0.25) is 5.91 Å². The molecule has 1 unspecified atom stereocenters. The van der Waals surface area contributed by atoms with Crippen LogP contribution < -0.4 is 11.1 Å². The second-order valence-electron chi connectivity index (χ2n) is 6.75. The zero-order valence-electron chi connectivity index (χ0n) is 16.4. The summed E-state index contributed by atoms with van der Waals surface area (Å²) in [7, 11) is 0. The molecular formula is C22H29N3O2. The lowest BCUT2D eigenvalue weighted by Crippen LogP contribution is -2.32. The molecule has 5 heteroatoms. The third-order valence-corrected chi connectivity index (χ3v) is 4.39. The number of hydrogen-bond acceptors (Lipinski definition) is 3. The van der Waals surface area contributed by atoms with E-state index >= 15 is 0 Å². The fourth-order valence-electron chi connectivity index (χ4n) is 2.88. The number of carbonyl (C=O) groups excluding carboxylic acids is 2. The lowest BCUT2D eigenvalue weighted by molar-refractivity contribution is -0.117. The van der Waals surface area contributed by atoms with Crippen LogP contribution in [0.1, 0.15) is 54.2 Å². The van der Waals surface area contributed by atoms with Crippen molar-refractivity contribution in [3.05, 3.63) is 65.2 Å². The Morgan fingerprint density at radius 3 is 2.04 bits per heavy atom. The van der Waals surface area contributed by atoms with Crippen molar-refractivity contribution in [2.75, 3.05) is 18.4 Å². The molecule has 0 fully saturated rings. The molecule has 2 rings (SSSR count). The van der Waals surface area contributed by atoms with E-state index in [-0.39, 0.29) is 11.8 Å². The Labute approximate surface area is 161 Å². The number of amides is 2. The van der Waals surface area contributed by atoms with Crippen LogP contribution in [0.2, 0.25) is 0 Å². The van der Waals surface area contributed by atoms with E-state index in [1.165, 1.54) is 0 Å². The number of nitrogens with two attached hydrogens (primary N) is 1. The molecule has 0 radical (unpaired) electrons. The lowest BCUT2D eigenvalue weighted by atomic mass is 10.1. The van der Waals surface area contributed by atoms with Gasteiger partial charge in [-0.3, -0.25) is 9.59 Å². The summed E-state index contributed by atoms with van der Waals surface area (Å²) in [5, 5.41) is 2.81. The molecule has 5 nitrogen and oxygen atoms in total. The van der Waals surface area contributed by atoms with Gasteiger partial charge in [0.25, 0.3) is 5.91 Å². The van der Waals surface area contributed by atoms with Crippen molar-refractivity contribution in [3.63, 3.8) is 0 Å². The molecule has 0 aliphatic rings. The van der Waals surface area contributed by atoms with Gasteiger partial charge in [0.1, 0.15) is 6.04 Å². The van der Waals surface area contributed by atoms with E-state index in [1.54, 1.807) is 24.3 Å². The van der Waals surface area contributed by atoms with Crippen LogP contribution >= 0.6 is 0 Å². The summed E-state index contributed by atoms with van der Waals surface area (Å²) in [6, 6.07) is 13.8. The minimum atomic E-state index is -0.739. The fraction of sp³-hybridized carbons (Fsp3) is 0.364. The highest BCUT2D eigenvalue weighted by atomic mass is 16.2. The maximum atomic E-state index is 12.6. The Bertz CT molecular complexity index is 748. The van der Waals surface area contributed by atoms with E-state index in [0.29, 0.717) is 11.3 Å². The van der Waals surface area contributed by atoms with Gasteiger partial charge in [-0.25, -0.2) is 0 Å². The summed E-state index contributed by atoms with van der Waals surface area (Å²) < 4.78 is 0. The first-order valence-electron chi connectivity index (χ1n) is 9.48. The van der Waals surface area contributed by atoms with E-state index in [4.69, 9.17) is 5.73 Å². The van der Waals surface area contributed by atoms with E-state index in [0.717, 1.165) is 37.1 Å². The molecule has 0 bridgehead atoms. The summed E-state index contributed by atoms with van der Waals surface area (Å²) in [5.74, 6) is -0.260. The van der Waals surface area contributed by atoms with Gasteiger partial charge in [-0.2, -0.15) is 0 Å². The molecule has 0 heterocycles. The summed E-state index contributed by atoms with van der Waals surface area (Å²) in [4.78, 5) is 26.8. The quantitative estimate of drug-likeness (QED) is 0.743. The van der Waals surface area contributed by atoms with Crippen LogP contribution in [0, 0.1) is 6.92 Å². The zero-order valence-corrected chi connectivity index (χ0v) is 16.4. The Balaban J connectivity index is 2.03. The monoisotopic (exact) mass is 367 g/mol. The first kappa shape index (κ1) is 20.6. The first-order chi connectivity index (χ1) is 13.0. The first-order valence-corrected chi connectivity index (χ1v) is 9.48. The molecule has 0 spiro atoms. The predicted molar refractivity (Wildman–Crippen MR) is 110 cm³/mol. The van der Waals surface area contributed by atoms with E-state index in [2.05, 4.69) is 19.2 Å². The molecule has 0 aromatic heterocycles. The van der Waals surface area contributed by atoms with Crippen molar-refractivity contribution in [3.8, 4) is 0 Å². The van der Waals surface area contributed by atoms with Gasteiger partial charge in [0.05, 0.1) is 0 Å². The highest BCUT2D eigenvalue weighted by Crippen LogP contribution is 2.16. The van der Waals surface area contributed by atoms with E-state index < -0.39 is 6.04 Å². The average molecular weight is 367 g/mol. The van der Waals surface area contributed by atoms with Crippen LogP contribution in [-0.2, 0) is 4.79 Å². The Hall–Kier alpha value is -2.66. The number of hydrogen-bond donors (Lipinski definition) is 2. The molecule has 0 saturated heterocycles. The van der Waals surface area contributed by atoms with Crippen molar-refractivity contribution >= 4 is 17.5 Å². The van der Waals surface area contributed by atoms with Gasteiger partial charge in [-0.15, -0.1) is 0 Å². The number of carbonyl (C=O) groups is 2. The van der Waals surface area contributed by atoms with Gasteiger partial charge in [0.15, 0.2) is 0 Å². The molecule has 0 saturated carbocycles. The van der Waals surface area contributed by atoms with Crippen molar-refractivity contribution < 1.29 is 9.59 Å². The van der Waals surface area contributed by atoms with Gasteiger partial charge in [-0.1, -0.05) is 43.7 Å². The maximum Gasteiger partial charge on any atom is 0.253 e. The van der Waals surface area contributed by atoms with E-state index in [1.807, 2.05) is 36.1 Å². The highest BCUT2D eigenvalue weighted by molar-refractivity contribution is 5.97. The third kappa shape index (κ3) is 5.66. The summed E-state index contributed by atoms with van der Waals surface area (Å²) in [6.07, 6.45) is 1.85. The number of aryl methyl sites for hydroxylation is 1.